The van der Waals surface area contributed by atoms with Crippen molar-refractivity contribution in [1.29, 1.82) is 0 Å². The number of H-pyrrole nitrogens is 2. The molecule has 2 aromatic heterocycles. The first kappa shape index (κ1) is 37.0. The number of rotatable bonds is 5. The van der Waals surface area contributed by atoms with E-state index in [1.54, 1.807) is 0 Å². The average Bonchev–Trinajstić information content (AvgIpc) is 2.89. The second kappa shape index (κ2) is 15.7. The van der Waals surface area contributed by atoms with Gasteiger partial charge in [-0.2, -0.15) is 0 Å². The number of aromatic hydroxyl groups is 2. The maximum absolute atomic E-state index is 10.5. The molecule has 10 N–H and O–H groups in total. The van der Waals surface area contributed by atoms with Crippen molar-refractivity contribution in [3.05, 3.63) is 96.6 Å². The average molecular weight is 629 g/mol. The molecule has 42 heavy (non-hydrogen) atoms. The molecular weight excluding hydrogens is 604 g/mol. The number of carbonyl (C=O) groups is 2. The summed E-state index contributed by atoms with van der Waals surface area (Å²) in [6.07, 6.45) is 7.69. The van der Waals surface area contributed by atoms with Crippen LogP contribution >= 0.6 is 0 Å². The molecule has 0 amide bonds. The first-order chi connectivity index (χ1) is 18.6. The highest BCUT2D eigenvalue weighted by Gasteiger charge is 2.13. The van der Waals surface area contributed by atoms with E-state index in [1.807, 2.05) is 24.8 Å². The number of hydrogen-bond acceptors (Lipinski definition) is 10. The Labute approximate surface area is 238 Å². The molecule has 0 spiro atoms. The molecule has 226 valence electrons. The minimum atomic E-state index is -4.70. The van der Waals surface area contributed by atoms with Gasteiger partial charge in [0.15, 0.2) is 24.8 Å². The molecule has 2 heterocycles. The molecule has 16 nitrogen and oxygen atoms in total. The van der Waals surface area contributed by atoms with Crippen molar-refractivity contribution in [3.63, 3.8) is 0 Å². The Bertz CT molecular complexity index is 1590. The Morgan fingerprint density at radius 2 is 0.857 bits per heavy atom. The largest absolute Gasteiger partial charge is 0.744 e. The maximum Gasteiger partial charge on any atom is 0.339 e. The first-order valence-corrected chi connectivity index (χ1v) is 13.4. The standard InChI is InChI=1S/C10H8N2.2C7H6O6S.2H2O/c1-5-11-6-2-9(1)10-3-7-12-8-4-10;2*8-6-2-1-4(14(11,12)13)3-5(6)7(9)10;;/h1-8H;2*1-3,8H,(H,9,10)(H,11,12,13);2*1H2. The van der Waals surface area contributed by atoms with Gasteiger partial charge in [0.1, 0.15) is 42.9 Å². The van der Waals surface area contributed by atoms with Gasteiger partial charge >= 0.3 is 11.9 Å². The summed E-state index contributed by atoms with van der Waals surface area (Å²) < 4.78 is 62.9. The number of aromatic amines is 2. The molecule has 0 atom stereocenters. The van der Waals surface area contributed by atoms with Crippen LogP contribution in [0, 0.1) is 0 Å². The van der Waals surface area contributed by atoms with E-state index in [0.29, 0.717) is 12.1 Å². The van der Waals surface area contributed by atoms with Crippen LogP contribution < -0.4 is 9.97 Å². The molecule has 0 saturated carbocycles. The van der Waals surface area contributed by atoms with Crippen LogP contribution in [0.5, 0.6) is 11.5 Å². The van der Waals surface area contributed by atoms with Gasteiger partial charge in [-0.05, 0) is 47.5 Å². The number of nitrogens with one attached hydrogen (secondary N) is 2. The van der Waals surface area contributed by atoms with Crippen molar-refractivity contribution in [2.45, 2.75) is 9.79 Å². The summed E-state index contributed by atoms with van der Waals surface area (Å²) in [7, 11) is -9.40. The van der Waals surface area contributed by atoms with Crippen molar-refractivity contribution in [1.82, 2.24) is 0 Å². The molecule has 0 fully saturated rings. The minimum absolute atomic E-state index is 0. The van der Waals surface area contributed by atoms with E-state index in [1.165, 1.54) is 11.1 Å². The van der Waals surface area contributed by atoms with E-state index >= 15 is 0 Å². The molecule has 0 radical (unpaired) electrons. The zero-order valence-corrected chi connectivity index (χ0v) is 22.6. The van der Waals surface area contributed by atoms with Crippen LogP contribution in [0.15, 0.2) is 95.2 Å². The number of pyridine rings is 2. The number of carboxylic acid groups (broad SMARTS) is 2. The summed E-state index contributed by atoms with van der Waals surface area (Å²) in [5, 5.41) is 35.0. The van der Waals surface area contributed by atoms with Crippen molar-refractivity contribution >= 4 is 32.2 Å². The fourth-order valence-electron chi connectivity index (χ4n) is 2.84. The van der Waals surface area contributed by atoms with Crippen molar-refractivity contribution in [2.24, 2.45) is 0 Å². The number of hydrogen-bond donors (Lipinski definition) is 4. The molecule has 0 aliphatic carbocycles. The summed E-state index contributed by atoms with van der Waals surface area (Å²) in [5.74, 6) is -4.20. The molecule has 4 rings (SSSR count). The molecule has 0 aliphatic rings. The van der Waals surface area contributed by atoms with Gasteiger partial charge in [-0.3, -0.25) is 0 Å². The summed E-state index contributed by atoms with van der Waals surface area (Å²) in [6.45, 7) is 0. The highest BCUT2D eigenvalue weighted by Crippen LogP contribution is 2.22. The smallest absolute Gasteiger partial charge is 0.339 e. The van der Waals surface area contributed by atoms with Gasteiger partial charge in [0.05, 0.1) is 9.79 Å². The molecular formula is C24H24N2O14S2. The van der Waals surface area contributed by atoms with Gasteiger partial charge in [0.25, 0.3) is 0 Å². The summed E-state index contributed by atoms with van der Waals surface area (Å²) >= 11 is 0. The Balaban J connectivity index is 0.000000588. The quantitative estimate of drug-likeness (QED) is 0.200. The maximum atomic E-state index is 10.5. The molecule has 4 aromatic rings. The fourth-order valence-corrected chi connectivity index (χ4v) is 3.84. The van der Waals surface area contributed by atoms with E-state index in [4.69, 9.17) is 20.4 Å². The lowest BCUT2D eigenvalue weighted by Gasteiger charge is -2.08. The molecule has 0 unspecified atom stereocenters. The van der Waals surface area contributed by atoms with Crippen molar-refractivity contribution < 1.29 is 76.9 Å². The lowest BCUT2D eigenvalue weighted by atomic mass is 10.1. The first-order valence-electron chi connectivity index (χ1n) is 10.6. The lowest BCUT2D eigenvalue weighted by molar-refractivity contribution is -0.378. The van der Waals surface area contributed by atoms with Crippen LogP contribution in [0.2, 0.25) is 0 Å². The normalized spacial score (nSPS) is 10.2. The second-order valence-electron chi connectivity index (χ2n) is 7.45. The third-order valence-corrected chi connectivity index (χ3v) is 6.41. The van der Waals surface area contributed by atoms with Crippen LogP contribution in [0.25, 0.3) is 11.1 Å². The predicted octanol–water partition coefficient (Wildman–Crippen LogP) is -0.679. The predicted molar refractivity (Wildman–Crippen MR) is 138 cm³/mol. The highest BCUT2D eigenvalue weighted by molar-refractivity contribution is 7.86. The highest BCUT2D eigenvalue weighted by atomic mass is 32.2. The second-order valence-corrected chi connectivity index (χ2v) is 10.2. The van der Waals surface area contributed by atoms with Gasteiger partial charge in [-0.15, -0.1) is 0 Å². The van der Waals surface area contributed by atoms with Gasteiger partial charge in [-0.1, -0.05) is 0 Å². The topological polar surface area (TPSA) is 321 Å². The van der Waals surface area contributed by atoms with Crippen LogP contribution in [0.4, 0.5) is 0 Å². The van der Waals surface area contributed by atoms with Crippen LogP contribution in [0.1, 0.15) is 20.7 Å². The third kappa shape index (κ3) is 10.9. The number of phenols is 2. The Hall–Kier alpha value is -4.98. The van der Waals surface area contributed by atoms with Crippen LogP contribution in [-0.4, -0.2) is 69.3 Å². The van der Waals surface area contributed by atoms with E-state index in [9.17, 15) is 35.5 Å². The minimum Gasteiger partial charge on any atom is -0.744 e. The van der Waals surface area contributed by atoms with Gasteiger partial charge in [-0.25, -0.2) is 36.4 Å². The fraction of sp³-hybridized carbons (Fsp3) is 0. The third-order valence-electron chi connectivity index (χ3n) is 4.74. The van der Waals surface area contributed by atoms with Gasteiger partial charge < -0.3 is 40.5 Å². The Morgan fingerprint density at radius 3 is 1.10 bits per heavy atom. The molecule has 0 saturated heterocycles. The molecule has 2 aromatic carbocycles. The Kier molecular flexibility index (Phi) is 13.9. The zero-order valence-electron chi connectivity index (χ0n) is 21.0. The van der Waals surface area contributed by atoms with E-state index in [-0.39, 0.29) is 11.0 Å². The number of carboxylic acids is 2. The van der Waals surface area contributed by atoms with Crippen LogP contribution in [-0.2, 0) is 20.2 Å². The SMILES string of the molecule is O.O.O=C(O)c1cc(S(=O)(=O)[O-])ccc1O.O=C(O)c1cc(S(=O)(=O)[O-])ccc1O.c1cc(-c2cc[nH+]cc2)cc[nH+]1. The lowest BCUT2D eigenvalue weighted by Crippen LogP contribution is -2.03. The van der Waals surface area contributed by atoms with Crippen LogP contribution in [0.3, 0.4) is 0 Å². The van der Waals surface area contributed by atoms with E-state index in [2.05, 4.69) is 34.2 Å². The molecule has 0 aliphatic heterocycles. The van der Waals surface area contributed by atoms with Crippen molar-refractivity contribution in [3.8, 4) is 22.6 Å². The molecule has 18 heteroatoms. The summed E-state index contributed by atoms with van der Waals surface area (Å²) in [4.78, 5) is 25.5. The Morgan fingerprint density at radius 1 is 0.571 bits per heavy atom. The van der Waals surface area contributed by atoms with E-state index < -0.39 is 64.6 Å². The zero-order chi connectivity index (χ0) is 30.1. The number of aromatic nitrogens is 2. The van der Waals surface area contributed by atoms with Gasteiger partial charge in [0, 0.05) is 24.3 Å². The number of benzene rings is 2. The van der Waals surface area contributed by atoms with Gasteiger partial charge in [0.2, 0.25) is 0 Å². The summed E-state index contributed by atoms with van der Waals surface area (Å²) in [6, 6.07) is 12.8. The number of aromatic carboxylic acids is 2. The molecule has 0 bridgehead atoms. The van der Waals surface area contributed by atoms with E-state index in [0.717, 1.165) is 24.3 Å². The summed E-state index contributed by atoms with van der Waals surface area (Å²) in [5.41, 5.74) is 1.20. The van der Waals surface area contributed by atoms with Crippen molar-refractivity contribution in [2.75, 3.05) is 0 Å². The monoisotopic (exact) mass is 628 g/mol.